The van der Waals surface area contributed by atoms with Gasteiger partial charge in [-0.3, -0.25) is 0 Å². The smallest absolute Gasteiger partial charge is 0.128 e. The standard InChI is InChI=1S/C19H23NO2/c1-3-17(20)16-10-9-14(21-2)12-19(16)22-18-11-8-13-6-4-5-7-15(13)18/h4-7,9-10,12,17-18H,3,8,11,20H2,1-2H3. The van der Waals surface area contributed by atoms with Crippen molar-refractivity contribution < 1.29 is 9.47 Å². The molecule has 0 amide bonds. The minimum Gasteiger partial charge on any atom is -0.497 e. The fourth-order valence-electron chi connectivity index (χ4n) is 3.06. The van der Waals surface area contributed by atoms with Crippen molar-refractivity contribution in [3.8, 4) is 11.5 Å². The molecule has 2 unspecified atom stereocenters. The van der Waals surface area contributed by atoms with Crippen LogP contribution in [0.5, 0.6) is 11.5 Å². The third-order valence-electron chi connectivity index (χ3n) is 4.41. The lowest BCUT2D eigenvalue weighted by atomic mass is 10.0. The summed E-state index contributed by atoms with van der Waals surface area (Å²) in [5.41, 5.74) is 9.96. The number of rotatable bonds is 5. The fourth-order valence-corrected chi connectivity index (χ4v) is 3.06. The van der Waals surface area contributed by atoms with Crippen molar-refractivity contribution in [1.82, 2.24) is 0 Å². The van der Waals surface area contributed by atoms with Gasteiger partial charge >= 0.3 is 0 Å². The molecule has 2 aromatic rings. The molecule has 3 heteroatoms. The second-order valence-electron chi connectivity index (χ2n) is 5.76. The first-order chi connectivity index (χ1) is 10.7. The van der Waals surface area contributed by atoms with Crippen LogP contribution in [0.1, 0.15) is 48.6 Å². The summed E-state index contributed by atoms with van der Waals surface area (Å²) < 4.78 is 11.7. The van der Waals surface area contributed by atoms with Crippen LogP contribution in [0, 0.1) is 0 Å². The number of benzene rings is 2. The Morgan fingerprint density at radius 3 is 2.82 bits per heavy atom. The van der Waals surface area contributed by atoms with Crippen LogP contribution in [0.15, 0.2) is 42.5 Å². The number of hydrogen-bond acceptors (Lipinski definition) is 3. The van der Waals surface area contributed by atoms with E-state index in [1.54, 1.807) is 7.11 Å². The molecule has 0 saturated carbocycles. The largest absolute Gasteiger partial charge is 0.497 e. The molecule has 0 aliphatic heterocycles. The summed E-state index contributed by atoms with van der Waals surface area (Å²) in [7, 11) is 1.67. The number of methoxy groups -OCH3 is 1. The van der Waals surface area contributed by atoms with E-state index in [0.29, 0.717) is 0 Å². The molecule has 0 saturated heterocycles. The van der Waals surface area contributed by atoms with Crippen molar-refractivity contribution >= 4 is 0 Å². The highest BCUT2D eigenvalue weighted by Crippen LogP contribution is 2.38. The molecule has 3 nitrogen and oxygen atoms in total. The lowest BCUT2D eigenvalue weighted by Gasteiger charge is -2.21. The Hall–Kier alpha value is -2.00. The summed E-state index contributed by atoms with van der Waals surface area (Å²) in [4.78, 5) is 0. The van der Waals surface area contributed by atoms with Crippen LogP contribution in [-0.4, -0.2) is 7.11 Å². The molecular weight excluding hydrogens is 274 g/mol. The fraction of sp³-hybridized carbons (Fsp3) is 0.368. The molecule has 116 valence electrons. The molecule has 2 atom stereocenters. The lowest BCUT2D eigenvalue weighted by molar-refractivity contribution is 0.203. The zero-order chi connectivity index (χ0) is 15.5. The molecule has 22 heavy (non-hydrogen) atoms. The summed E-state index contributed by atoms with van der Waals surface area (Å²) in [6.07, 6.45) is 3.06. The van der Waals surface area contributed by atoms with Crippen molar-refractivity contribution in [3.05, 3.63) is 59.2 Å². The molecular formula is C19H23NO2. The highest BCUT2D eigenvalue weighted by molar-refractivity contribution is 5.43. The highest BCUT2D eigenvalue weighted by Gasteiger charge is 2.25. The average Bonchev–Trinajstić information content (AvgIpc) is 2.97. The maximum absolute atomic E-state index is 6.34. The van der Waals surface area contributed by atoms with Gasteiger partial charge < -0.3 is 15.2 Å². The van der Waals surface area contributed by atoms with Gasteiger partial charge in [-0.2, -0.15) is 0 Å². The molecule has 0 heterocycles. The zero-order valence-electron chi connectivity index (χ0n) is 13.2. The predicted octanol–water partition coefficient (Wildman–Crippen LogP) is 4.17. The second kappa shape index (κ2) is 6.41. The van der Waals surface area contributed by atoms with Crippen LogP contribution in [0.25, 0.3) is 0 Å². The topological polar surface area (TPSA) is 44.5 Å². The predicted molar refractivity (Wildman–Crippen MR) is 88.3 cm³/mol. The summed E-state index contributed by atoms with van der Waals surface area (Å²) in [5.74, 6) is 1.64. The molecule has 0 spiro atoms. The Kier molecular flexibility index (Phi) is 4.34. The van der Waals surface area contributed by atoms with Crippen LogP contribution >= 0.6 is 0 Å². The lowest BCUT2D eigenvalue weighted by Crippen LogP contribution is -2.12. The van der Waals surface area contributed by atoms with E-state index in [2.05, 4.69) is 31.2 Å². The van der Waals surface area contributed by atoms with Crippen LogP contribution in [0.4, 0.5) is 0 Å². The van der Waals surface area contributed by atoms with Gasteiger partial charge in [0, 0.05) is 17.7 Å². The first-order valence-corrected chi connectivity index (χ1v) is 7.91. The Morgan fingerprint density at radius 1 is 1.23 bits per heavy atom. The van der Waals surface area contributed by atoms with Crippen LogP contribution in [-0.2, 0) is 6.42 Å². The van der Waals surface area contributed by atoms with E-state index in [9.17, 15) is 0 Å². The SMILES string of the molecule is CCC(N)c1ccc(OC)cc1OC1CCc2ccccc21. The second-order valence-corrected chi connectivity index (χ2v) is 5.76. The molecule has 0 radical (unpaired) electrons. The Balaban J connectivity index is 1.91. The molecule has 0 bridgehead atoms. The van der Waals surface area contributed by atoms with Gasteiger partial charge in [0.1, 0.15) is 17.6 Å². The molecule has 2 aromatic carbocycles. The van der Waals surface area contributed by atoms with Crippen LogP contribution in [0.3, 0.4) is 0 Å². The number of hydrogen-bond donors (Lipinski definition) is 1. The van der Waals surface area contributed by atoms with Gasteiger partial charge in [-0.1, -0.05) is 37.3 Å². The van der Waals surface area contributed by atoms with E-state index >= 15 is 0 Å². The van der Waals surface area contributed by atoms with Gasteiger partial charge in [-0.25, -0.2) is 0 Å². The van der Waals surface area contributed by atoms with E-state index in [0.717, 1.165) is 36.3 Å². The Bertz CT molecular complexity index is 654. The van der Waals surface area contributed by atoms with E-state index in [1.165, 1.54) is 11.1 Å². The monoisotopic (exact) mass is 297 g/mol. The molecule has 0 aromatic heterocycles. The van der Waals surface area contributed by atoms with Gasteiger partial charge in [-0.05, 0) is 36.5 Å². The van der Waals surface area contributed by atoms with Crippen molar-refractivity contribution in [2.24, 2.45) is 5.73 Å². The van der Waals surface area contributed by atoms with Gasteiger partial charge in [-0.15, -0.1) is 0 Å². The molecule has 1 aliphatic carbocycles. The highest BCUT2D eigenvalue weighted by atomic mass is 16.5. The van der Waals surface area contributed by atoms with E-state index in [-0.39, 0.29) is 12.1 Å². The summed E-state index contributed by atoms with van der Waals surface area (Å²) in [6, 6.07) is 14.4. The minimum atomic E-state index is -0.0162. The van der Waals surface area contributed by atoms with E-state index < -0.39 is 0 Å². The number of ether oxygens (including phenoxy) is 2. The third kappa shape index (κ3) is 2.81. The minimum absolute atomic E-state index is 0.0162. The number of nitrogens with two attached hydrogens (primary N) is 1. The van der Waals surface area contributed by atoms with Crippen molar-refractivity contribution in [2.45, 2.75) is 38.3 Å². The number of fused-ring (bicyclic) bond motifs is 1. The van der Waals surface area contributed by atoms with Crippen molar-refractivity contribution in [2.75, 3.05) is 7.11 Å². The van der Waals surface area contributed by atoms with Crippen molar-refractivity contribution in [1.29, 1.82) is 0 Å². The van der Waals surface area contributed by atoms with Crippen LogP contribution in [0.2, 0.25) is 0 Å². The van der Waals surface area contributed by atoms with Crippen molar-refractivity contribution in [3.63, 3.8) is 0 Å². The van der Waals surface area contributed by atoms with Gasteiger partial charge in [0.05, 0.1) is 7.11 Å². The maximum Gasteiger partial charge on any atom is 0.128 e. The molecule has 0 fully saturated rings. The first kappa shape index (κ1) is 14.9. The first-order valence-electron chi connectivity index (χ1n) is 7.91. The molecule has 1 aliphatic rings. The molecule has 3 rings (SSSR count). The third-order valence-corrected chi connectivity index (χ3v) is 4.41. The maximum atomic E-state index is 6.34. The number of aryl methyl sites for hydroxylation is 1. The summed E-state index contributed by atoms with van der Waals surface area (Å²) in [5, 5.41) is 0. The normalized spacial score (nSPS) is 17.9. The van der Waals surface area contributed by atoms with Gasteiger partial charge in [0.15, 0.2) is 0 Å². The van der Waals surface area contributed by atoms with Gasteiger partial charge in [0.25, 0.3) is 0 Å². The summed E-state index contributed by atoms with van der Waals surface area (Å²) in [6.45, 7) is 2.09. The average molecular weight is 297 g/mol. The summed E-state index contributed by atoms with van der Waals surface area (Å²) >= 11 is 0. The van der Waals surface area contributed by atoms with Gasteiger partial charge in [0.2, 0.25) is 0 Å². The van der Waals surface area contributed by atoms with Crippen LogP contribution < -0.4 is 15.2 Å². The Morgan fingerprint density at radius 2 is 2.05 bits per heavy atom. The quantitative estimate of drug-likeness (QED) is 0.900. The zero-order valence-corrected chi connectivity index (χ0v) is 13.2. The van der Waals surface area contributed by atoms with E-state index in [1.807, 2.05) is 18.2 Å². The Labute approximate surface area is 132 Å². The molecule has 2 N–H and O–H groups in total. The van der Waals surface area contributed by atoms with E-state index in [4.69, 9.17) is 15.2 Å².